The average Bonchev–Trinajstić information content (AvgIpc) is 3.25. The Kier molecular flexibility index (Phi) is 8.81. The number of aromatic nitrogens is 3. The van der Waals surface area contributed by atoms with E-state index in [0.29, 0.717) is 6.42 Å². The number of pyridine rings is 1. The first-order valence-corrected chi connectivity index (χ1v) is 11.0. The van der Waals surface area contributed by atoms with Gasteiger partial charge in [-0.2, -0.15) is 18.3 Å². The van der Waals surface area contributed by atoms with Gasteiger partial charge in [-0.25, -0.2) is 14.4 Å². The van der Waals surface area contributed by atoms with Gasteiger partial charge in [0.25, 0.3) is 0 Å². The van der Waals surface area contributed by atoms with Gasteiger partial charge in [0, 0.05) is 38.0 Å². The lowest BCUT2D eigenvalue weighted by atomic mass is 10.2. The maximum atomic E-state index is 14.9. The Balaban J connectivity index is 2.13. The summed E-state index contributed by atoms with van der Waals surface area (Å²) in [5.41, 5.74) is 0.963. The molecule has 198 valence electrons. The highest BCUT2D eigenvalue weighted by Crippen LogP contribution is 2.33. The predicted molar refractivity (Wildman–Crippen MR) is 130 cm³/mol. The van der Waals surface area contributed by atoms with Gasteiger partial charge in [-0.3, -0.25) is 9.67 Å². The van der Waals surface area contributed by atoms with Crippen LogP contribution in [0.25, 0.3) is 0 Å². The molecule has 1 aromatic carbocycles. The highest BCUT2D eigenvalue weighted by atomic mass is 19.4. The summed E-state index contributed by atoms with van der Waals surface area (Å²) in [6, 6.07) is 5.57. The standard InChI is InChI=1S/C24H26F4N6O3/c1-29-23-18(30-8-7-15-12-31-33(2)13-15)5-6-21(34(23)14-16(35)11-24(26,27)28)32-19-9-17(36-3)10-20(37-4)22(19)25/h5-6,8-10,12-13,16,35H,1,7,11,14H2,2-4H3. The minimum absolute atomic E-state index is 0.00374. The van der Waals surface area contributed by atoms with Gasteiger partial charge in [0.1, 0.15) is 22.6 Å². The number of hydrogen-bond acceptors (Lipinski definition) is 7. The zero-order valence-corrected chi connectivity index (χ0v) is 20.4. The fourth-order valence-corrected chi connectivity index (χ4v) is 3.51. The van der Waals surface area contributed by atoms with Crippen LogP contribution in [0.15, 0.2) is 51.6 Å². The van der Waals surface area contributed by atoms with Crippen LogP contribution in [0, 0.1) is 5.82 Å². The van der Waals surface area contributed by atoms with Crippen molar-refractivity contribution in [1.29, 1.82) is 0 Å². The van der Waals surface area contributed by atoms with E-state index >= 15 is 0 Å². The molecule has 0 radical (unpaired) electrons. The molecule has 0 aliphatic carbocycles. The lowest BCUT2D eigenvalue weighted by Crippen LogP contribution is -2.30. The van der Waals surface area contributed by atoms with Gasteiger partial charge in [0.05, 0.1) is 39.5 Å². The lowest BCUT2D eigenvalue weighted by molar-refractivity contribution is -0.154. The maximum Gasteiger partial charge on any atom is 0.391 e. The molecule has 0 saturated carbocycles. The fraction of sp³-hybridized carbons (Fsp3) is 0.333. The molecule has 3 aromatic rings. The van der Waals surface area contributed by atoms with E-state index in [0.717, 1.165) is 5.56 Å². The number of aliphatic imine (C=N–C) groups is 2. The quantitative estimate of drug-likeness (QED) is 0.319. The Bertz CT molecular complexity index is 1350. The number of rotatable bonds is 10. The smallest absolute Gasteiger partial charge is 0.391 e. The van der Waals surface area contributed by atoms with E-state index in [1.54, 1.807) is 24.1 Å². The number of ether oxygens (including phenoxy) is 2. The molecule has 37 heavy (non-hydrogen) atoms. The molecule has 0 spiro atoms. The van der Waals surface area contributed by atoms with Gasteiger partial charge in [0.2, 0.25) is 0 Å². The first kappa shape index (κ1) is 27.6. The Morgan fingerprint density at radius 3 is 2.54 bits per heavy atom. The minimum atomic E-state index is -4.61. The molecule has 1 unspecified atom stereocenters. The van der Waals surface area contributed by atoms with Crippen molar-refractivity contribution in [3.63, 3.8) is 0 Å². The van der Waals surface area contributed by atoms with E-state index in [-0.39, 0.29) is 34.2 Å². The lowest BCUT2D eigenvalue weighted by Gasteiger charge is -2.18. The molecule has 1 atom stereocenters. The summed E-state index contributed by atoms with van der Waals surface area (Å²) in [7, 11) is 4.42. The zero-order chi connectivity index (χ0) is 27.2. The Morgan fingerprint density at radius 2 is 1.95 bits per heavy atom. The van der Waals surface area contributed by atoms with Gasteiger partial charge in [-0.05, 0) is 24.4 Å². The largest absolute Gasteiger partial charge is 0.497 e. The monoisotopic (exact) mass is 522 g/mol. The second-order valence-corrected chi connectivity index (χ2v) is 7.95. The number of alkyl halides is 3. The molecule has 0 amide bonds. The van der Waals surface area contributed by atoms with Crippen molar-refractivity contribution in [2.75, 3.05) is 14.2 Å². The second kappa shape index (κ2) is 11.8. The first-order chi connectivity index (χ1) is 17.5. The number of halogens is 4. The summed E-state index contributed by atoms with van der Waals surface area (Å²) in [6.45, 7) is 2.95. The van der Waals surface area contributed by atoms with Crippen LogP contribution in [-0.4, -0.2) is 58.9 Å². The molecule has 9 nitrogen and oxygen atoms in total. The van der Waals surface area contributed by atoms with E-state index in [2.05, 4.69) is 26.8 Å². The minimum Gasteiger partial charge on any atom is -0.497 e. The third-order valence-corrected chi connectivity index (χ3v) is 5.16. The second-order valence-electron chi connectivity index (χ2n) is 7.95. The molecular formula is C24H26F4N6O3. The molecule has 2 aromatic heterocycles. The van der Waals surface area contributed by atoms with Crippen LogP contribution in [-0.2, 0) is 20.0 Å². The molecule has 0 fully saturated rings. The Hall–Kier alpha value is -4.00. The predicted octanol–water partition coefficient (Wildman–Crippen LogP) is 4.20. The number of aliphatic hydroxyl groups is 1. The number of methoxy groups -OCH3 is 2. The van der Waals surface area contributed by atoms with Crippen LogP contribution in [0.4, 0.5) is 34.8 Å². The number of aliphatic hydroxyl groups excluding tert-OH is 1. The first-order valence-electron chi connectivity index (χ1n) is 11.0. The van der Waals surface area contributed by atoms with Gasteiger partial charge in [-0.15, -0.1) is 0 Å². The third-order valence-electron chi connectivity index (χ3n) is 5.16. The van der Waals surface area contributed by atoms with Crippen molar-refractivity contribution in [3.8, 4) is 11.5 Å². The van der Waals surface area contributed by atoms with Crippen molar-refractivity contribution in [1.82, 2.24) is 14.3 Å². The van der Waals surface area contributed by atoms with E-state index in [1.807, 2.05) is 6.20 Å². The van der Waals surface area contributed by atoms with Crippen LogP contribution >= 0.6 is 0 Å². The number of nitrogens with zero attached hydrogens (tertiary/aromatic N) is 6. The normalized spacial score (nSPS) is 13.2. The van der Waals surface area contributed by atoms with Crippen LogP contribution in [0.1, 0.15) is 12.0 Å². The highest BCUT2D eigenvalue weighted by molar-refractivity contribution is 5.71. The molecule has 2 heterocycles. The summed E-state index contributed by atoms with van der Waals surface area (Å²) in [5.74, 6) is -0.655. The van der Waals surface area contributed by atoms with Crippen LogP contribution < -0.4 is 15.0 Å². The van der Waals surface area contributed by atoms with E-state index in [9.17, 15) is 22.7 Å². The zero-order valence-electron chi connectivity index (χ0n) is 20.4. The van der Waals surface area contributed by atoms with Gasteiger partial charge in [-0.1, -0.05) is 0 Å². The SMILES string of the molecule is C=Nc1c(N=CCc2cnn(C)c2)ccc(=Nc2cc(OC)cc(OC)c2F)n1CC(O)CC(F)(F)F. The number of aryl methyl sites for hydroxylation is 1. The van der Waals surface area contributed by atoms with E-state index < -0.39 is 31.1 Å². The number of benzene rings is 1. The van der Waals surface area contributed by atoms with Gasteiger partial charge in [0.15, 0.2) is 17.4 Å². The highest BCUT2D eigenvalue weighted by Gasteiger charge is 2.31. The van der Waals surface area contributed by atoms with E-state index in [4.69, 9.17) is 9.47 Å². The van der Waals surface area contributed by atoms with Crippen molar-refractivity contribution < 1.29 is 32.1 Å². The summed E-state index contributed by atoms with van der Waals surface area (Å²) in [6.07, 6.45) is -2.41. The maximum absolute atomic E-state index is 14.9. The third kappa shape index (κ3) is 7.26. The number of hydrogen-bond donors (Lipinski definition) is 1. The average molecular weight is 523 g/mol. The summed E-state index contributed by atoms with van der Waals surface area (Å²) < 4.78 is 66.7. The van der Waals surface area contributed by atoms with Crippen LogP contribution in [0.2, 0.25) is 0 Å². The molecule has 0 bridgehead atoms. The molecule has 0 aliphatic heterocycles. The van der Waals surface area contributed by atoms with Crippen molar-refractivity contribution in [2.24, 2.45) is 22.0 Å². The van der Waals surface area contributed by atoms with Gasteiger partial charge >= 0.3 is 6.18 Å². The molecule has 1 N–H and O–H groups in total. The molecular weight excluding hydrogens is 496 g/mol. The molecule has 3 rings (SSSR count). The molecule has 13 heteroatoms. The van der Waals surface area contributed by atoms with Gasteiger partial charge < -0.3 is 19.1 Å². The summed E-state index contributed by atoms with van der Waals surface area (Å²) in [4.78, 5) is 12.6. The topological polar surface area (TPSA) is 98.5 Å². The molecule has 0 aliphatic rings. The summed E-state index contributed by atoms with van der Waals surface area (Å²) in [5, 5.41) is 14.3. The van der Waals surface area contributed by atoms with Crippen molar-refractivity contribution in [3.05, 3.63) is 53.5 Å². The van der Waals surface area contributed by atoms with Crippen molar-refractivity contribution in [2.45, 2.75) is 31.7 Å². The van der Waals surface area contributed by atoms with Crippen LogP contribution in [0.5, 0.6) is 11.5 Å². The summed E-state index contributed by atoms with van der Waals surface area (Å²) >= 11 is 0. The van der Waals surface area contributed by atoms with E-state index in [1.165, 1.54) is 43.1 Å². The Labute approximate surface area is 210 Å². The fourth-order valence-electron chi connectivity index (χ4n) is 3.51. The molecule has 0 saturated heterocycles. The van der Waals surface area contributed by atoms with Crippen molar-refractivity contribution >= 4 is 30.1 Å². The Morgan fingerprint density at radius 1 is 1.19 bits per heavy atom. The van der Waals surface area contributed by atoms with Crippen LogP contribution in [0.3, 0.4) is 0 Å².